The van der Waals surface area contributed by atoms with Gasteiger partial charge < -0.3 is 4.74 Å². The summed E-state index contributed by atoms with van der Waals surface area (Å²) < 4.78 is 4.62. The molecule has 0 aromatic carbocycles. The monoisotopic (exact) mass is 227 g/mol. The first-order valence-electron chi connectivity index (χ1n) is 5.25. The normalized spacial score (nSPS) is 10.3. The average molecular weight is 227 g/mol. The van der Waals surface area contributed by atoms with Crippen LogP contribution in [0.1, 0.15) is 35.8 Å². The second kappa shape index (κ2) is 5.85. The lowest BCUT2D eigenvalue weighted by Crippen LogP contribution is -2.04. The van der Waals surface area contributed by atoms with Gasteiger partial charge in [0.1, 0.15) is 5.01 Å². The van der Waals surface area contributed by atoms with Gasteiger partial charge in [-0.3, -0.25) is 4.79 Å². The standard InChI is InChI=1S/C11H17NO2S/c1-4-6-8-9(5-2)15-10(12-8)7-11(13)14-3/h4-7H2,1-3H3. The molecule has 3 nitrogen and oxygen atoms in total. The largest absolute Gasteiger partial charge is 0.469 e. The van der Waals surface area contributed by atoms with Crippen LogP contribution in [0.4, 0.5) is 0 Å². The van der Waals surface area contributed by atoms with Crippen molar-refractivity contribution >= 4 is 17.3 Å². The summed E-state index contributed by atoms with van der Waals surface area (Å²) in [7, 11) is 1.41. The Hall–Kier alpha value is -0.900. The number of methoxy groups -OCH3 is 1. The third kappa shape index (κ3) is 3.30. The Kier molecular flexibility index (Phi) is 4.75. The second-order valence-corrected chi connectivity index (χ2v) is 4.50. The van der Waals surface area contributed by atoms with E-state index in [4.69, 9.17) is 0 Å². The first-order chi connectivity index (χ1) is 7.21. The number of rotatable bonds is 5. The lowest BCUT2D eigenvalue weighted by atomic mass is 10.2. The minimum absolute atomic E-state index is 0.213. The Balaban J connectivity index is 2.77. The molecule has 0 unspecified atom stereocenters. The molecule has 0 aliphatic rings. The molecule has 0 radical (unpaired) electrons. The summed E-state index contributed by atoms with van der Waals surface area (Å²) in [4.78, 5) is 16.9. The van der Waals surface area contributed by atoms with Crippen LogP contribution < -0.4 is 0 Å². The summed E-state index contributed by atoms with van der Waals surface area (Å²) in [6.07, 6.45) is 3.39. The average Bonchev–Trinajstić information content (AvgIpc) is 2.61. The number of esters is 1. The Bertz CT molecular complexity index is 333. The van der Waals surface area contributed by atoms with E-state index in [1.807, 2.05) is 0 Å². The van der Waals surface area contributed by atoms with Gasteiger partial charge in [0.15, 0.2) is 0 Å². The third-order valence-corrected chi connectivity index (χ3v) is 3.40. The number of carbonyl (C=O) groups is 1. The number of carbonyl (C=O) groups excluding carboxylic acids is 1. The van der Waals surface area contributed by atoms with Crippen molar-refractivity contribution in [2.45, 2.75) is 39.5 Å². The molecule has 0 fully saturated rings. The smallest absolute Gasteiger partial charge is 0.312 e. The highest BCUT2D eigenvalue weighted by Crippen LogP contribution is 2.21. The van der Waals surface area contributed by atoms with Crippen molar-refractivity contribution in [3.8, 4) is 0 Å². The molecular formula is C11H17NO2S. The van der Waals surface area contributed by atoms with Gasteiger partial charge in [-0.05, 0) is 12.8 Å². The molecule has 0 atom stereocenters. The van der Waals surface area contributed by atoms with Crippen LogP contribution in [0.2, 0.25) is 0 Å². The first kappa shape index (κ1) is 12.2. The van der Waals surface area contributed by atoms with Gasteiger partial charge in [0.2, 0.25) is 0 Å². The van der Waals surface area contributed by atoms with Crippen LogP contribution in [0, 0.1) is 0 Å². The summed E-state index contributed by atoms with van der Waals surface area (Å²) in [6.45, 7) is 4.26. The summed E-state index contributed by atoms with van der Waals surface area (Å²) in [5.74, 6) is -0.213. The molecule has 0 spiro atoms. The molecule has 1 aromatic heterocycles. The fraction of sp³-hybridized carbons (Fsp3) is 0.636. The fourth-order valence-electron chi connectivity index (χ4n) is 1.42. The Labute approximate surface area is 94.5 Å². The van der Waals surface area contributed by atoms with Crippen LogP contribution in [0.3, 0.4) is 0 Å². The number of aryl methyl sites for hydroxylation is 2. The SMILES string of the molecule is CCCc1nc(CC(=O)OC)sc1CC. The van der Waals surface area contributed by atoms with Crippen molar-refractivity contribution in [1.29, 1.82) is 0 Å². The van der Waals surface area contributed by atoms with Crippen molar-refractivity contribution in [3.05, 3.63) is 15.6 Å². The van der Waals surface area contributed by atoms with E-state index in [-0.39, 0.29) is 5.97 Å². The summed E-state index contributed by atoms with van der Waals surface area (Å²) >= 11 is 1.63. The van der Waals surface area contributed by atoms with Crippen LogP contribution in [0.25, 0.3) is 0 Å². The minimum atomic E-state index is -0.213. The second-order valence-electron chi connectivity index (χ2n) is 3.33. The number of hydrogen-bond donors (Lipinski definition) is 0. The van der Waals surface area contributed by atoms with Gasteiger partial charge in [0, 0.05) is 4.88 Å². The fourth-order valence-corrected chi connectivity index (χ4v) is 2.46. The molecule has 0 saturated carbocycles. The van der Waals surface area contributed by atoms with E-state index in [0.717, 1.165) is 30.0 Å². The predicted molar refractivity (Wildman–Crippen MR) is 61.2 cm³/mol. The topological polar surface area (TPSA) is 39.2 Å². The van der Waals surface area contributed by atoms with Gasteiger partial charge in [-0.25, -0.2) is 4.98 Å². The first-order valence-corrected chi connectivity index (χ1v) is 6.07. The molecule has 0 bridgehead atoms. The van der Waals surface area contributed by atoms with E-state index in [2.05, 4.69) is 23.6 Å². The Morgan fingerprint density at radius 2 is 2.20 bits per heavy atom. The maximum atomic E-state index is 11.1. The number of nitrogens with zero attached hydrogens (tertiary/aromatic N) is 1. The Morgan fingerprint density at radius 1 is 1.47 bits per heavy atom. The van der Waals surface area contributed by atoms with Gasteiger partial charge in [-0.1, -0.05) is 20.3 Å². The molecule has 15 heavy (non-hydrogen) atoms. The molecule has 1 aromatic rings. The van der Waals surface area contributed by atoms with Crippen LogP contribution in [-0.4, -0.2) is 18.1 Å². The third-order valence-electron chi connectivity index (χ3n) is 2.15. The highest BCUT2D eigenvalue weighted by molar-refractivity contribution is 7.11. The zero-order valence-corrected chi connectivity index (χ0v) is 10.3. The highest BCUT2D eigenvalue weighted by atomic mass is 32.1. The lowest BCUT2D eigenvalue weighted by Gasteiger charge is -1.94. The molecule has 1 rings (SSSR count). The molecular weight excluding hydrogens is 210 g/mol. The zero-order valence-electron chi connectivity index (χ0n) is 9.50. The van der Waals surface area contributed by atoms with Gasteiger partial charge in [0.25, 0.3) is 0 Å². The van der Waals surface area contributed by atoms with Crippen molar-refractivity contribution in [3.63, 3.8) is 0 Å². The Morgan fingerprint density at radius 3 is 2.73 bits per heavy atom. The summed E-state index contributed by atoms with van der Waals surface area (Å²) in [5.41, 5.74) is 1.16. The maximum absolute atomic E-state index is 11.1. The van der Waals surface area contributed by atoms with Crippen LogP contribution in [0.5, 0.6) is 0 Å². The highest BCUT2D eigenvalue weighted by Gasteiger charge is 2.12. The van der Waals surface area contributed by atoms with Crippen LogP contribution >= 0.6 is 11.3 Å². The predicted octanol–water partition coefficient (Wildman–Crippen LogP) is 2.37. The number of aromatic nitrogens is 1. The van der Waals surface area contributed by atoms with E-state index in [1.165, 1.54) is 12.0 Å². The summed E-state index contributed by atoms with van der Waals surface area (Å²) in [5, 5.41) is 0.877. The molecule has 0 saturated heterocycles. The summed E-state index contributed by atoms with van der Waals surface area (Å²) in [6, 6.07) is 0. The molecule has 0 aliphatic heterocycles. The van der Waals surface area contributed by atoms with Gasteiger partial charge in [0.05, 0.1) is 19.2 Å². The molecule has 1 heterocycles. The van der Waals surface area contributed by atoms with Crippen molar-refractivity contribution in [2.24, 2.45) is 0 Å². The van der Waals surface area contributed by atoms with E-state index >= 15 is 0 Å². The number of thiazole rings is 1. The lowest BCUT2D eigenvalue weighted by molar-refractivity contribution is -0.139. The van der Waals surface area contributed by atoms with Crippen LogP contribution in [-0.2, 0) is 28.8 Å². The molecule has 0 N–H and O–H groups in total. The van der Waals surface area contributed by atoms with E-state index < -0.39 is 0 Å². The van der Waals surface area contributed by atoms with Crippen molar-refractivity contribution in [2.75, 3.05) is 7.11 Å². The van der Waals surface area contributed by atoms with Crippen LogP contribution in [0.15, 0.2) is 0 Å². The van der Waals surface area contributed by atoms with E-state index in [9.17, 15) is 4.79 Å². The van der Waals surface area contributed by atoms with Gasteiger partial charge in [-0.2, -0.15) is 0 Å². The minimum Gasteiger partial charge on any atom is -0.469 e. The van der Waals surface area contributed by atoms with Crippen molar-refractivity contribution in [1.82, 2.24) is 4.98 Å². The van der Waals surface area contributed by atoms with E-state index in [1.54, 1.807) is 11.3 Å². The maximum Gasteiger partial charge on any atom is 0.312 e. The van der Waals surface area contributed by atoms with Crippen molar-refractivity contribution < 1.29 is 9.53 Å². The van der Waals surface area contributed by atoms with Gasteiger partial charge in [-0.15, -0.1) is 11.3 Å². The quantitative estimate of drug-likeness (QED) is 0.725. The number of ether oxygens (including phenoxy) is 1. The molecule has 0 amide bonds. The molecule has 84 valence electrons. The van der Waals surface area contributed by atoms with Gasteiger partial charge >= 0.3 is 5.97 Å². The molecule has 4 heteroatoms. The molecule has 0 aliphatic carbocycles. The number of hydrogen-bond acceptors (Lipinski definition) is 4. The van der Waals surface area contributed by atoms with E-state index in [0.29, 0.717) is 6.42 Å². The zero-order chi connectivity index (χ0) is 11.3.